The van der Waals surface area contributed by atoms with Crippen LogP contribution in [0.1, 0.15) is 22.3 Å². The maximum Gasteiger partial charge on any atom is 0.164 e. The molecule has 0 fully saturated rings. The maximum atomic E-state index is 6.86. The molecule has 0 N–H and O–H groups in total. The highest BCUT2D eigenvalue weighted by Gasteiger charge is 2.28. The summed E-state index contributed by atoms with van der Waals surface area (Å²) in [6.07, 6.45) is 1.55. The number of aromatic nitrogens is 3. The van der Waals surface area contributed by atoms with Crippen molar-refractivity contribution in [2.75, 3.05) is 4.90 Å². The van der Waals surface area contributed by atoms with Crippen molar-refractivity contribution in [3.63, 3.8) is 0 Å². The number of anilines is 3. The SMILES string of the molecule is c1ccc(-c2nc(-c3ccccc3)nc(-c3ccc(-c4ccc5c(c4)Cc4ccccc4N5c4ccccc4)c4c3Cc3ccccc3O4)n2)cc1. The fraction of sp³-hybridized carbons (Fsp3) is 0.0426. The molecule has 0 saturated heterocycles. The van der Waals surface area contributed by atoms with Gasteiger partial charge in [-0.2, -0.15) is 0 Å². The van der Waals surface area contributed by atoms with Gasteiger partial charge in [0.2, 0.25) is 0 Å². The van der Waals surface area contributed by atoms with Crippen LogP contribution in [-0.2, 0) is 12.8 Å². The maximum absolute atomic E-state index is 6.86. The van der Waals surface area contributed by atoms with Crippen LogP contribution in [0.15, 0.2) is 170 Å². The molecular weight excluding hydrogens is 637 g/mol. The van der Waals surface area contributed by atoms with E-state index in [1.807, 2.05) is 66.7 Å². The molecule has 2 aliphatic rings. The zero-order valence-corrected chi connectivity index (χ0v) is 28.3. The highest BCUT2D eigenvalue weighted by molar-refractivity contribution is 5.87. The molecule has 0 atom stereocenters. The summed E-state index contributed by atoms with van der Waals surface area (Å²) < 4.78 is 6.86. The molecule has 0 amide bonds. The fourth-order valence-electron chi connectivity index (χ4n) is 7.52. The van der Waals surface area contributed by atoms with Gasteiger partial charge in [0.25, 0.3) is 0 Å². The molecule has 10 rings (SSSR count). The third-order valence-electron chi connectivity index (χ3n) is 10.0. The second-order valence-corrected chi connectivity index (χ2v) is 13.2. The van der Waals surface area contributed by atoms with Gasteiger partial charge in [0, 0.05) is 57.7 Å². The Kier molecular flexibility index (Phi) is 7.21. The highest BCUT2D eigenvalue weighted by Crippen LogP contribution is 2.49. The first-order valence-electron chi connectivity index (χ1n) is 17.6. The van der Waals surface area contributed by atoms with Gasteiger partial charge >= 0.3 is 0 Å². The number of rotatable bonds is 5. The van der Waals surface area contributed by atoms with E-state index in [2.05, 4.69) is 108 Å². The topological polar surface area (TPSA) is 51.1 Å². The lowest BCUT2D eigenvalue weighted by Crippen LogP contribution is -2.18. The number of benzene rings is 7. The number of hydrogen-bond donors (Lipinski definition) is 0. The minimum Gasteiger partial charge on any atom is -0.456 e. The Hall–Kier alpha value is -6.85. The third kappa shape index (κ3) is 5.22. The van der Waals surface area contributed by atoms with Crippen molar-refractivity contribution >= 4 is 17.1 Å². The van der Waals surface area contributed by atoms with Gasteiger partial charge in [-0.3, -0.25) is 0 Å². The van der Waals surface area contributed by atoms with Crippen molar-refractivity contribution in [3.8, 4) is 56.8 Å². The van der Waals surface area contributed by atoms with E-state index in [9.17, 15) is 0 Å². The van der Waals surface area contributed by atoms with E-state index in [0.29, 0.717) is 23.9 Å². The van der Waals surface area contributed by atoms with Gasteiger partial charge in [0.05, 0.1) is 0 Å². The summed E-state index contributed by atoms with van der Waals surface area (Å²) in [5.41, 5.74) is 13.3. The van der Waals surface area contributed by atoms with Gasteiger partial charge in [0.1, 0.15) is 11.5 Å². The Balaban J connectivity index is 1.14. The van der Waals surface area contributed by atoms with E-state index in [1.165, 1.54) is 22.5 Å². The summed E-state index contributed by atoms with van der Waals surface area (Å²) in [6, 6.07) is 59.0. The van der Waals surface area contributed by atoms with E-state index >= 15 is 0 Å². The first kappa shape index (κ1) is 30.0. The van der Waals surface area contributed by atoms with Crippen molar-refractivity contribution in [1.82, 2.24) is 15.0 Å². The van der Waals surface area contributed by atoms with Crippen LogP contribution in [0, 0.1) is 0 Å². The lowest BCUT2D eigenvalue weighted by Gasteiger charge is -2.34. The van der Waals surface area contributed by atoms with E-state index in [4.69, 9.17) is 19.7 Å². The summed E-state index contributed by atoms with van der Waals surface area (Å²) >= 11 is 0. The molecule has 246 valence electrons. The van der Waals surface area contributed by atoms with E-state index in [-0.39, 0.29) is 0 Å². The molecule has 8 aromatic rings. The fourth-order valence-corrected chi connectivity index (χ4v) is 7.52. The van der Waals surface area contributed by atoms with Crippen molar-refractivity contribution in [2.45, 2.75) is 12.8 Å². The Morgan fingerprint density at radius 2 is 1.00 bits per heavy atom. The van der Waals surface area contributed by atoms with Crippen LogP contribution >= 0.6 is 0 Å². The molecule has 0 bridgehead atoms. The van der Waals surface area contributed by atoms with Crippen LogP contribution in [-0.4, -0.2) is 15.0 Å². The van der Waals surface area contributed by atoms with Gasteiger partial charge in [-0.05, 0) is 64.7 Å². The highest BCUT2D eigenvalue weighted by atomic mass is 16.5. The molecule has 0 aliphatic carbocycles. The van der Waals surface area contributed by atoms with E-state index in [1.54, 1.807) is 0 Å². The average Bonchev–Trinajstić information content (AvgIpc) is 3.22. The average molecular weight is 669 g/mol. The molecule has 0 unspecified atom stereocenters. The second kappa shape index (κ2) is 12.5. The Morgan fingerprint density at radius 1 is 0.423 bits per heavy atom. The van der Waals surface area contributed by atoms with Crippen molar-refractivity contribution < 1.29 is 4.74 Å². The van der Waals surface area contributed by atoms with Gasteiger partial charge in [-0.15, -0.1) is 0 Å². The predicted octanol–water partition coefficient (Wildman–Crippen LogP) is 11.6. The first-order chi connectivity index (χ1) is 25.8. The molecule has 3 heterocycles. The standard InChI is InChI=1S/C47H32N4O/c1-4-14-31(15-5-1)45-48-46(32-16-6-2-7-17-32)50-47(49-45)39-26-25-38(44-40(39)30-35-19-11-13-23-43(35)52-44)33-24-27-42-36(28-33)29-34-18-10-12-22-41(34)51(42)37-20-8-3-9-21-37/h1-28H,29-30H2. The summed E-state index contributed by atoms with van der Waals surface area (Å²) in [4.78, 5) is 17.5. The van der Waals surface area contributed by atoms with Crippen molar-refractivity contribution in [2.24, 2.45) is 0 Å². The molecule has 2 aliphatic heterocycles. The zero-order valence-electron chi connectivity index (χ0n) is 28.3. The van der Waals surface area contributed by atoms with Crippen LogP contribution in [0.25, 0.3) is 45.3 Å². The van der Waals surface area contributed by atoms with Gasteiger partial charge < -0.3 is 9.64 Å². The molecule has 0 saturated carbocycles. The number of nitrogens with zero attached hydrogens (tertiary/aromatic N) is 4. The normalized spacial score (nSPS) is 12.6. The summed E-state index contributed by atoms with van der Waals surface area (Å²) in [5.74, 6) is 3.62. The minimum atomic E-state index is 0.624. The molecule has 5 heteroatoms. The number of ether oxygens (including phenoxy) is 1. The minimum absolute atomic E-state index is 0.624. The van der Waals surface area contributed by atoms with E-state index < -0.39 is 0 Å². The predicted molar refractivity (Wildman–Crippen MR) is 208 cm³/mol. The summed E-state index contributed by atoms with van der Waals surface area (Å²) in [5, 5.41) is 0. The molecule has 5 nitrogen and oxygen atoms in total. The molecule has 7 aromatic carbocycles. The number of fused-ring (bicyclic) bond motifs is 4. The van der Waals surface area contributed by atoms with Crippen LogP contribution in [0.2, 0.25) is 0 Å². The Bertz CT molecular complexity index is 2550. The van der Waals surface area contributed by atoms with Crippen LogP contribution < -0.4 is 9.64 Å². The Labute approximate surface area is 302 Å². The zero-order chi connectivity index (χ0) is 34.4. The van der Waals surface area contributed by atoms with Crippen LogP contribution in [0.3, 0.4) is 0 Å². The first-order valence-corrected chi connectivity index (χ1v) is 17.6. The monoisotopic (exact) mass is 668 g/mol. The lowest BCUT2D eigenvalue weighted by atomic mass is 9.88. The Morgan fingerprint density at radius 3 is 1.73 bits per heavy atom. The van der Waals surface area contributed by atoms with Crippen LogP contribution in [0.5, 0.6) is 11.5 Å². The summed E-state index contributed by atoms with van der Waals surface area (Å²) in [6.45, 7) is 0. The molecule has 52 heavy (non-hydrogen) atoms. The molecule has 0 spiro atoms. The second-order valence-electron chi connectivity index (χ2n) is 13.2. The largest absolute Gasteiger partial charge is 0.456 e. The third-order valence-corrected chi connectivity index (χ3v) is 10.0. The molecular formula is C47H32N4O. The van der Waals surface area contributed by atoms with Crippen LogP contribution in [0.4, 0.5) is 17.1 Å². The molecule has 0 radical (unpaired) electrons. The van der Waals surface area contributed by atoms with Gasteiger partial charge in [-0.25, -0.2) is 15.0 Å². The smallest absolute Gasteiger partial charge is 0.164 e. The van der Waals surface area contributed by atoms with E-state index in [0.717, 1.165) is 62.6 Å². The summed E-state index contributed by atoms with van der Waals surface area (Å²) in [7, 11) is 0. The van der Waals surface area contributed by atoms with Gasteiger partial charge in [-0.1, -0.05) is 127 Å². The van der Waals surface area contributed by atoms with Crippen molar-refractivity contribution in [3.05, 3.63) is 192 Å². The van der Waals surface area contributed by atoms with Crippen molar-refractivity contribution in [1.29, 1.82) is 0 Å². The number of hydrogen-bond acceptors (Lipinski definition) is 5. The van der Waals surface area contributed by atoms with Gasteiger partial charge in [0.15, 0.2) is 17.5 Å². The molecule has 1 aromatic heterocycles. The quantitative estimate of drug-likeness (QED) is 0.183. The number of para-hydroxylation sites is 3. The lowest BCUT2D eigenvalue weighted by molar-refractivity contribution is 0.462.